The summed E-state index contributed by atoms with van der Waals surface area (Å²) in [6.45, 7) is 0. The number of hydrogen-bond donors (Lipinski definition) is 2. The Balaban J connectivity index is 0.000000173. The highest BCUT2D eigenvalue weighted by atomic mass is 35.5. The van der Waals surface area contributed by atoms with Crippen LogP contribution in [0.2, 0.25) is 10.0 Å². The SMILES string of the molecule is Oc1ccc(Cl)c2cccnc12.Oc1ccc(Cl)c2cccnc12.[MgH2]. The molecular weight excluding hydrogens is 371 g/mol. The number of phenols is 2. The van der Waals surface area contributed by atoms with Crippen molar-refractivity contribution in [2.24, 2.45) is 0 Å². The normalized spacial score (nSPS) is 10.0. The molecule has 0 spiro atoms. The summed E-state index contributed by atoms with van der Waals surface area (Å²) in [6.07, 6.45) is 3.25. The largest absolute Gasteiger partial charge is 0.506 e. The highest BCUT2D eigenvalue weighted by molar-refractivity contribution is 6.36. The summed E-state index contributed by atoms with van der Waals surface area (Å²) in [6, 6.07) is 13.6. The predicted octanol–water partition coefficient (Wildman–Crippen LogP) is 4.27. The minimum Gasteiger partial charge on any atom is -0.506 e. The van der Waals surface area contributed by atoms with E-state index in [2.05, 4.69) is 9.97 Å². The summed E-state index contributed by atoms with van der Waals surface area (Å²) < 4.78 is 0. The Morgan fingerprint density at radius 2 is 1.04 bits per heavy atom. The molecule has 0 unspecified atom stereocenters. The summed E-state index contributed by atoms with van der Waals surface area (Å²) in [4.78, 5) is 8.01. The van der Waals surface area contributed by atoms with Gasteiger partial charge in [0.2, 0.25) is 0 Å². The Hall–Kier alpha value is -1.79. The zero-order valence-corrected chi connectivity index (χ0v) is 13.8. The number of aromatic nitrogens is 2. The molecule has 124 valence electrons. The number of nitrogens with zero attached hydrogens (tertiary/aromatic N) is 2. The van der Waals surface area contributed by atoms with Crippen LogP contribution < -0.4 is 0 Å². The molecule has 4 aromatic rings. The third-order valence-corrected chi connectivity index (χ3v) is 4.05. The first-order valence-corrected chi connectivity index (χ1v) is 7.78. The van der Waals surface area contributed by atoms with Gasteiger partial charge in [-0.15, -0.1) is 0 Å². The molecule has 0 aliphatic heterocycles. The monoisotopic (exact) mass is 384 g/mol. The van der Waals surface area contributed by atoms with Crippen LogP contribution in [0.5, 0.6) is 11.5 Å². The number of pyridine rings is 2. The van der Waals surface area contributed by atoms with E-state index in [1.165, 1.54) is 12.1 Å². The Labute approximate surface area is 170 Å². The second kappa shape index (κ2) is 8.53. The molecule has 0 amide bonds. The molecule has 0 saturated heterocycles. The maximum atomic E-state index is 9.37. The van der Waals surface area contributed by atoms with E-state index in [4.69, 9.17) is 23.2 Å². The molecule has 0 radical (unpaired) electrons. The lowest BCUT2D eigenvalue weighted by Crippen LogP contribution is -1.78. The van der Waals surface area contributed by atoms with Crippen LogP contribution >= 0.6 is 23.2 Å². The van der Waals surface area contributed by atoms with E-state index in [-0.39, 0.29) is 34.6 Å². The zero-order chi connectivity index (χ0) is 17.1. The van der Waals surface area contributed by atoms with Crippen molar-refractivity contribution in [1.82, 2.24) is 9.97 Å². The fraction of sp³-hybridized carbons (Fsp3) is 0. The number of benzene rings is 2. The lowest BCUT2D eigenvalue weighted by Gasteiger charge is -2.00. The molecule has 4 rings (SSSR count). The van der Waals surface area contributed by atoms with E-state index < -0.39 is 0 Å². The predicted molar refractivity (Wildman–Crippen MR) is 105 cm³/mol. The molecule has 0 aliphatic rings. The number of phenolic OH excluding ortho intramolecular Hbond substituents is 2. The first-order chi connectivity index (χ1) is 11.6. The van der Waals surface area contributed by atoms with Gasteiger partial charge in [-0.2, -0.15) is 0 Å². The van der Waals surface area contributed by atoms with Gasteiger partial charge in [0.15, 0.2) is 0 Å². The van der Waals surface area contributed by atoms with Gasteiger partial charge >= 0.3 is 23.1 Å². The maximum Gasteiger partial charge on any atom is 0.316 e. The molecule has 2 aromatic heterocycles. The van der Waals surface area contributed by atoms with Crippen LogP contribution in [0.25, 0.3) is 21.8 Å². The van der Waals surface area contributed by atoms with Crippen molar-refractivity contribution >= 4 is 68.1 Å². The number of fused-ring (bicyclic) bond motifs is 2. The highest BCUT2D eigenvalue weighted by Crippen LogP contribution is 2.29. The van der Waals surface area contributed by atoms with Crippen molar-refractivity contribution in [2.45, 2.75) is 0 Å². The highest BCUT2D eigenvalue weighted by Gasteiger charge is 2.03. The third kappa shape index (κ3) is 4.25. The minimum atomic E-state index is 0. The van der Waals surface area contributed by atoms with E-state index in [1.54, 1.807) is 36.7 Å². The van der Waals surface area contributed by atoms with E-state index in [0.717, 1.165) is 10.8 Å². The standard InChI is InChI=1S/2C9H6ClNO.Mg.2H/c2*10-7-3-4-8(12)9-6(7)2-1-5-11-9;;;/h2*1-5,12H;;;. The molecule has 25 heavy (non-hydrogen) atoms. The molecule has 7 heteroatoms. The molecule has 2 heterocycles. The third-order valence-electron chi connectivity index (χ3n) is 3.39. The lowest BCUT2D eigenvalue weighted by atomic mass is 10.2. The average Bonchev–Trinajstić information content (AvgIpc) is 2.63. The molecule has 2 aromatic carbocycles. The topological polar surface area (TPSA) is 66.2 Å². The molecule has 4 nitrogen and oxygen atoms in total. The van der Waals surface area contributed by atoms with E-state index in [9.17, 15) is 10.2 Å². The van der Waals surface area contributed by atoms with Crippen LogP contribution in [0.4, 0.5) is 0 Å². The fourth-order valence-corrected chi connectivity index (χ4v) is 2.68. The minimum absolute atomic E-state index is 0. The summed E-state index contributed by atoms with van der Waals surface area (Å²) in [5.41, 5.74) is 1.09. The maximum absolute atomic E-state index is 9.37. The lowest BCUT2D eigenvalue weighted by molar-refractivity contribution is 0.480. The molecule has 0 bridgehead atoms. The van der Waals surface area contributed by atoms with Crippen LogP contribution in [-0.2, 0) is 0 Å². The Kier molecular flexibility index (Phi) is 6.67. The smallest absolute Gasteiger partial charge is 0.316 e. The number of hydrogen-bond acceptors (Lipinski definition) is 4. The summed E-state index contributed by atoms with van der Waals surface area (Å²) in [5.74, 6) is 0.324. The van der Waals surface area contributed by atoms with E-state index in [0.29, 0.717) is 21.1 Å². The molecule has 0 saturated carbocycles. The Morgan fingerprint density at radius 3 is 1.40 bits per heavy atom. The average molecular weight is 386 g/mol. The van der Waals surface area contributed by atoms with Gasteiger partial charge in [-0.3, -0.25) is 9.97 Å². The van der Waals surface area contributed by atoms with Crippen molar-refractivity contribution in [3.8, 4) is 11.5 Å². The molecule has 0 fully saturated rings. The van der Waals surface area contributed by atoms with Crippen LogP contribution in [-0.4, -0.2) is 43.2 Å². The van der Waals surface area contributed by atoms with Gasteiger partial charge in [-0.25, -0.2) is 0 Å². The second-order valence-electron chi connectivity index (χ2n) is 4.93. The number of aromatic hydroxyl groups is 2. The van der Waals surface area contributed by atoms with Gasteiger partial charge in [0, 0.05) is 23.2 Å². The van der Waals surface area contributed by atoms with Crippen LogP contribution in [0.1, 0.15) is 0 Å². The van der Waals surface area contributed by atoms with Crippen molar-refractivity contribution in [1.29, 1.82) is 0 Å². The molecular formula is C18H14Cl2MgN2O2. The van der Waals surface area contributed by atoms with Gasteiger partial charge < -0.3 is 10.2 Å². The second-order valence-corrected chi connectivity index (χ2v) is 5.75. The number of rotatable bonds is 0. The van der Waals surface area contributed by atoms with Crippen molar-refractivity contribution in [3.63, 3.8) is 0 Å². The van der Waals surface area contributed by atoms with Crippen LogP contribution in [0.3, 0.4) is 0 Å². The van der Waals surface area contributed by atoms with Crippen LogP contribution in [0, 0.1) is 0 Å². The van der Waals surface area contributed by atoms with E-state index in [1.807, 2.05) is 12.1 Å². The molecule has 0 atom stereocenters. The molecule has 0 aliphatic carbocycles. The van der Waals surface area contributed by atoms with Gasteiger partial charge in [0.25, 0.3) is 0 Å². The quantitative estimate of drug-likeness (QED) is 0.444. The van der Waals surface area contributed by atoms with Crippen molar-refractivity contribution in [2.75, 3.05) is 0 Å². The first kappa shape index (κ1) is 19.5. The Bertz CT molecular complexity index is 864. The van der Waals surface area contributed by atoms with Gasteiger partial charge in [-0.1, -0.05) is 23.2 Å². The molecule has 2 N–H and O–H groups in total. The van der Waals surface area contributed by atoms with Gasteiger partial charge in [0.05, 0.1) is 10.0 Å². The summed E-state index contributed by atoms with van der Waals surface area (Å²) in [7, 11) is 0. The number of halogens is 2. The van der Waals surface area contributed by atoms with Crippen molar-refractivity contribution < 1.29 is 10.2 Å². The van der Waals surface area contributed by atoms with Gasteiger partial charge in [-0.05, 0) is 48.5 Å². The zero-order valence-electron chi connectivity index (χ0n) is 12.3. The fourth-order valence-electron chi connectivity index (χ4n) is 2.25. The van der Waals surface area contributed by atoms with E-state index >= 15 is 0 Å². The van der Waals surface area contributed by atoms with Crippen molar-refractivity contribution in [3.05, 3.63) is 71.0 Å². The summed E-state index contributed by atoms with van der Waals surface area (Å²) in [5, 5.41) is 21.5. The first-order valence-electron chi connectivity index (χ1n) is 7.02. The summed E-state index contributed by atoms with van der Waals surface area (Å²) >= 11 is 11.8. The van der Waals surface area contributed by atoms with Crippen LogP contribution in [0.15, 0.2) is 60.9 Å². The Morgan fingerprint density at radius 1 is 0.640 bits per heavy atom. The van der Waals surface area contributed by atoms with Gasteiger partial charge in [0.1, 0.15) is 22.5 Å².